The van der Waals surface area contributed by atoms with Crippen LogP contribution in [0.5, 0.6) is 0 Å². The van der Waals surface area contributed by atoms with Gasteiger partial charge in [0.2, 0.25) is 0 Å². The summed E-state index contributed by atoms with van der Waals surface area (Å²) in [6.07, 6.45) is 14.3. The number of unbranched alkanes of at least 4 members (excludes halogenated alkanes) is 1. The fourth-order valence-electron chi connectivity index (χ4n) is 2.42. The molecule has 1 saturated heterocycles. The van der Waals surface area contributed by atoms with E-state index in [0.29, 0.717) is 6.42 Å². The van der Waals surface area contributed by atoms with Gasteiger partial charge >= 0.3 is 0 Å². The van der Waals surface area contributed by atoms with E-state index in [0.717, 1.165) is 45.3 Å². The van der Waals surface area contributed by atoms with Crippen LogP contribution in [0.15, 0.2) is 24.3 Å². The van der Waals surface area contributed by atoms with Crippen LogP contribution >= 0.6 is 0 Å². The van der Waals surface area contributed by atoms with E-state index in [1.54, 1.807) is 0 Å². The first-order valence-electron chi connectivity index (χ1n) is 8.90. The predicted molar refractivity (Wildman–Crippen MR) is 94.9 cm³/mol. The van der Waals surface area contributed by atoms with Crippen molar-refractivity contribution in [1.29, 1.82) is 0 Å². The minimum absolute atomic E-state index is 0.000275. The first-order valence-corrected chi connectivity index (χ1v) is 8.90. The number of aliphatic hydroxyl groups excluding tert-OH is 1. The molecule has 0 aromatic rings. The zero-order valence-corrected chi connectivity index (χ0v) is 14.7. The Morgan fingerprint density at radius 2 is 2.22 bits per heavy atom. The molecular weight excluding hydrogens is 288 g/mol. The molecule has 3 atom stereocenters. The van der Waals surface area contributed by atoms with E-state index in [4.69, 9.17) is 9.47 Å². The summed E-state index contributed by atoms with van der Waals surface area (Å²) in [5, 5.41) is 9.96. The molecule has 3 nitrogen and oxygen atoms in total. The molecule has 3 unspecified atom stereocenters. The Balaban J connectivity index is 2.05. The fraction of sp³-hybridized carbons (Fsp3) is 0.700. The fourth-order valence-corrected chi connectivity index (χ4v) is 2.42. The molecule has 0 amide bonds. The quantitative estimate of drug-likeness (QED) is 0.393. The lowest BCUT2D eigenvalue weighted by molar-refractivity contribution is -0.162. The third-order valence-electron chi connectivity index (χ3n) is 3.71. The van der Waals surface area contributed by atoms with E-state index < -0.39 is 6.10 Å². The maximum atomic E-state index is 9.96. The number of ether oxygens (including phenoxy) is 2. The molecule has 1 fully saturated rings. The number of rotatable bonds is 9. The summed E-state index contributed by atoms with van der Waals surface area (Å²) in [7, 11) is 0. The zero-order chi connectivity index (χ0) is 16.8. The van der Waals surface area contributed by atoms with Crippen molar-refractivity contribution in [2.24, 2.45) is 5.92 Å². The minimum Gasteiger partial charge on any atom is -0.389 e. The maximum Gasteiger partial charge on any atom is 0.157 e. The third-order valence-corrected chi connectivity index (χ3v) is 3.71. The van der Waals surface area contributed by atoms with E-state index >= 15 is 0 Å². The summed E-state index contributed by atoms with van der Waals surface area (Å²) >= 11 is 0. The van der Waals surface area contributed by atoms with Crippen molar-refractivity contribution in [3.05, 3.63) is 24.3 Å². The highest BCUT2D eigenvalue weighted by molar-refractivity contribution is 5.07. The van der Waals surface area contributed by atoms with Gasteiger partial charge in [0.05, 0.1) is 12.7 Å². The lowest BCUT2D eigenvalue weighted by Crippen LogP contribution is -2.22. The Labute approximate surface area is 141 Å². The molecule has 0 aliphatic carbocycles. The van der Waals surface area contributed by atoms with Gasteiger partial charge in [-0.2, -0.15) is 0 Å². The third kappa shape index (κ3) is 11.1. The Bertz CT molecular complexity index is 397. The SMILES string of the molecule is C/C=C/CC#CC(C)CC(O)/C=C/CCCOC1CCCCO1. The molecular formula is C20H32O3. The van der Waals surface area contributed by atoms with Crippen LogP contribution in [0.25, 0.3) is 0 Å². The van der Waals surface area contributed by atoms with E-state index in [9.17, 15) is 5.11 Å². The van der Waals surface area contributed by atoms with Crippen molar-refractivity contribution in [3.63, 3.8) is 0 Å². The van der Waals surface area contributed by atoms with E-state index in [1.165, 1.54) is 6.42 Å². The molecule has 0 bridgehead atoms. The zero-order valence-electron chi connectivity index (χ0n) is 14.7. The van der Waals surface area contributed by atoms with Gasteiger partial charge in [-0.1, -0.05) is 43.1 Å². The summed E-state index contributed by atoms with van der Waals surface area (Å²) in [6.45, 7) is 5.59. The number of aliphatic hydroxyl groups is 1. The standard InChI is InChI=1S/C20H32O3/c1-3-4-5-7-12-18(2)17-19(21)13-8-6-10-15-22-20-14-9-11-16-23-20/h3-4,8,13,18-21H,5-6,9-11,14-17H2,1-2H3/b4-3+,13-8+. The Kier molecular flexibility index (Phi) is 11.6. The number of hydrogen-bond acceptors (Lipinski definition) is 3. The molecule has 1 rings (SSSR count). The lowest BCUT2D eigenvalue weighted by atomic mass is 10.0. The molecule has 1 heterocycles. The Morgan fingerprint density at radius 3 is 2.96 bits per heavy atom. The predicted octanol–water partition coefficient (Wildman–Crippen LogP) is 4.22. The van der Waals surface area contributed by atoms with Gasteiger partial charge in [-0.15, -0.1) is 0 Å². The van der Waals surface area contributed by atoms with Gasteiger partial charge in [0.1, 0.15) is 0 Å². The average molecular weight is 320 g/mol. The van der Waals surface area contributed by atoms with Gasteiger partial charge in [0.15, 0.2) is 6.29 Å². The summed E-state index contributed by atoms with van der Waals surface area (Å²) in [5.41, 5.74) is 0. The highest BCUT2D eigenvalue weighted by Gasteiger charge is 2.13. The van der Waals surface area contributed by atoms with Crippen molar-refractivity contribution in [1.82, 2.24) is 0 Å². The van der Waals surface area contributed by atoms with Gasteiger partial charge in [-0.25, -0.2) is 0 Å². The first-order chi connectivity index (χ1) is 11.2. The average Bonchev–Trinajstić information content (AvgIpc) is 2.56. The van der Waals surface area contributed by atoms with Crippen molar-refractivity contribution in [2.75, 3.05) is 13.2 Å². The van der Waals surface area contributed by atoms with Gasteiger partial charge in [-0.05, 0) is 45.4 Å². The molecule has 0 spiro atoms. The molecule has 1 aliphatic heterocycles. The summed E-state index contributed by atoms with van der Waals surface area (Å²) in [6, 6.07) is 0. The van der Waals surface area contributed by atoms with Crippen molar-refractivity contribution < 1.29 is 14.6 Å². The maximum absolute atomic E-state index is 9.96. The van der Waals surface area contributed by atoms with Crippen LogP contribution in [0.4, 0.5) is 0 Å². The molecule has 0 saturated carbocycles. The Hall–Kier alpha value is -1.08. The van der Waals surface area contributed by atoms with Crippen LogP contribution in [-0.4, -0.2) is 30.7 Å². The highest BCUT2D eigenvalue weighted by atomic mass is 16.7. The second kappa shape index (κ2) is 13.4. The number of allylic oxidation sites excluding steroid dienone is 3. The minimum atomic E-state index is -0.413. The molecule has 1 N–H and O–H groups in total. The van der Waals surface area contributed by atoms with Gasteiger partial charge in [0, 0.05) is 18.9 Å². The molecule has 3 heteroatoms. The molecule has 130 valence electrons. The molecule has 0 aromatic carbocycles. The summed E-state index contributed by atoms with van der Waals surface area (Å²) in [5.74, 6) is 6.49. The van der Waals surface area contributed by atoms with Crippen molar-refractivity contribution in [3.8, 4) is 11.8 Å². The highest BCUT2D eigenvalue weighted by Crippen LogP contribution is 2.14. The van der Waals surface area contributed by atoms with E-state index in [2.05, 4.69) is 18.8 Å². The van der Waals surface area contributed by atoms with Crippen LogP contribution in [-0.2, 0) is 9.47 Å². The van der Waals surface area contributed by atoms with Crippen LogP contribution < -0.4 is 0 Å². The van der Waals surface area contributed by atoms with Crippen molar-refractivity contribution >= 4 is 0 Å². The van der Waals surface area contributed by atoms with Crippen molar-refractivity contribution in [2.45, 2.75) is 71.2 Å². The first kappa shape index (κ1) is 20.0. The Morgan fingerprint density at radius 1 is 1.35 bits per heavy atom. The lowest BCUT2D eigenvalue weighted by Gasteiger charge is -2.22. The molecule has 1 aliphatic rings. The van der Waals surface area contributed by atoms with Crippen LogP contribution in [0, 0.1) is 17.8 Å². The topological polar surface area (TPSA) is 38.7 Å². The van der Waals surface area contributed by atoms with E-state index in [-0.39, 0.29) is 12.2 Å². The van der Waals surface area contributed by atoms with Gasteiger partial charge < -0.3 is 14.6 Å². The van der Waals surface area contributed by atoms with Crippen LogP contribution in [0.2, 0.25) is 0 Å². The molecule has 0 aromatic heterocycles. The monoisotopic (exact) mass is 320 g/mol. The summed E-state index contributed by atoms with van der Waals surface area (Å²) < 4.78 is 11.2. The van der Waals surface area contributed by atoms with E-state index in [1.807, 2.05) is 31.2 Å². The normalized spacial score (nSPS) is 21.3. The van der Waals surface area contributed by atoms with Gasteiger partial charge in [0.25, 0.3) is 0 Å². The second-order valence-corrected chi connectivity index (χ2v) is 6.04. The molecule has 23 heavy (non-hydrogen) atoms. The van der Waals surface area contributed by atoms with Gasteiger partial charge in [-0.3, -0.25) is 0 Å². The molecule has 0 radical (unpaired) electrons. The second-order valence-electron chi connectivity index (χ2n) is 6.04. The van der Waals surface area contributed by atoms with Crippen LogP contribution in [0.3, 0.4) is 0 Å². The van der Waals surface area contributed by atoms with Crippen LogP contribution in [0.1, 0.15) is 58.8 Å². The summed E-state index contributed by atoms with van der Waals surface area (Å²) in [4.78, 5) is 0. The number of hydrogen-bond donors (Lipinski definition) is 1. The smallest absolute Gasteiger partial charge is 0.157 e. The largest absolute Gasteiger partial charge is 0.389 e.